The second-order valence-electron chi connectivity index (χ2n) is 4.82. The van der Waals surface area contributed by atoms with Crippen LogP contribution in [0.4, 0.5) is 5.69 Å². The lowest BCUT2D eigenvalue weighted by molar-refractivity contribution is -0.119. The van der Waals surface area contributed by atoms with Crippen molar-refractivity contribution in [3.8, 4) is 0 Å². The van der Waals surface area contributed by atoms with Gasteiger partial charge in [-0.15, -0.1) is 0 Å². The van der Waals surface area contributed by atoms with E-state index in [9.17, 15) is 4.79 Å². The Morgan fingerprint density at radius 1 is 1.37 bits per heavy atom. The summed E-state index contributed by atoms with van der Waals surface area (Å²) in [6, 6.07) is 6.33. The Balaban J connectivity index is 2.67. The van der Waals surface area contributed by atoms with E-state index in [0.717, 1.165) is 25.2 Å². The van der Waals surface area contributed by atoms with Gasteiger partial charge in [-0.25, -0.2) is 0 Å². The smallest absolute Gasteiger partial charge is 0.239 e. The number of amides is 1. The molecule has 0 heterocycles. The number of nitrogens with one attached hydrogen (secondary N) is 2. The van der Waals surface area contributed by atoms with Crippen LogP contribution in [0.15, 0.2) is 18.2 Å². The Bertz CT molecular complexity index is 418. The zero-order chi connectivity index (χ0) is 14.3. The van der Waals surface area contributed by atoms with Crippen molar-refractivity contribution in [1.82, 2.24) is 10.6 Å². The summed E-state index contributed by atoms with van der Waals surface area (Å²) < 4.78 is 0. The predicted molar refractivity (Wildman–Crippen MR) is 80.5 cm³/mol. The molecule has 0 spiro atoms. The average molecular weight is 263 g/mol. The van der Waals surface area contributed by atoms with Crippen LogP contribution in [-0.2, 0) is 11.3 Å². The van der Waals surface area contributed by atoms with Crippen molar-refractivity contribution in [2.45, 2.75) is 26.8 Å². The fourth-order valence-corrected chi connectivity index (χ4v) is 1.90. The highest BCUT2D eigenvalue weighted by Crippen LogP contribution is 2.18. The lowest BCUT2D eigenvalue weighted by Gasteiger charge is -2.19. The highest BCUT2D eigenvalue weighted by molar-refractivity contribution is 5.80. The number of likely N-dealkylation sites (N-methyl/N-ethyl adjacent to an activating group) is 2. The molecule has 19 heavy (non-hydrogen) atoms. The quantitative estimate of drug-likeness (QED) is 0.736. The molecule has 0 aromatic heterocycles. The summed E-state index contributed by atoms with van der Waals surface area (Å²) in [5.74, 6) is 0.0221. The van der Waals surface area contributed by atoms with Crippen molar-refractivity contribution >= 4 is 11.6 Å². The average Bonchev–Trinajstić information content (AvgIpc) is 2.40. The number of anilines is 1. The van der Waals surface area contributed by atoms with Crippen LogP contribution in [0.3, 0.4) is 0 Å². The summed E-state index contributed by atoms with van der Waals surface area (Å²) >= 11 is 0. The van der Waals surface area contributed by atoms with Crippen molar-refractivity contribution in [2.24, 2.45) is 0 Å². The topological polar surface area (TPSA) is 44.4 Å². The maximum absolute atomic E-state index is 11.4. The molecule has 0 saturated heterocycles. The number of nitrogens with zero attached hydrogens (tertiary/aromatic N) is 1. The lowest BCUT2D eigenvalue weighted by atomic mass is 10.1. The van der Waals surface area contributed by atoms with Gasteiger partial charge in [-0.2, -0.15) is 0 Å². The first-order valence-electron chi connectivity index (χ1n) is 6.80. The Labute approximate surface area is 116 Å². The molecule has 4 heteroatoms. The van der Waals surface area contributed by atoms with Gasteiger partial charge in [-0.1, -0.05) is 13.0 Å². The minimum Gasteiger partial charge on any atom is -0.365 e. The van der Waals surface area contributed by atoms with Crippen LogP contribution in [0.2, 0.25) is 0 Å². The third-order valence-corrected chi connectivity index (χ3v) is 3.17. The third kappa shape index (κ3) is 4.91. The summed E-state index contributed by atoms with van der Waals surface area (Å²) in [4.78, 5) is 13.3. The lowest BCUT2D eigenvalue weighted by Crippen LogP contribution is -2.33. The van der Waals surface area contributed by atoms with Gasteiger partial charge in [-0.05, 0) is 43.1 Å². The normalized spacial score (nSPS) is 10.3. The van der Waals surface area contributed by atoms with Gasteiger partial charge in [0, 0.05) is 26.3 Å². The highest BCUT2D eigenvalue weighted by Gasteiger charge is 2.07. The number of hydrogen-bond acceptors (Lipinski definition) is 3. The monoisotopic (exact) mass is 263 g/mol. The molecule has 1 amide bonds. The standard InChI is InChI=1S/C15H25N3O/c1-5-8-17-10-13-6-7-14(9-12(13)2)18(4)11-15(19)16-3/h6-7,9,17H,5,8,10-11H2,1-4H3,(H,16,19). The molecule has 0 aliphatic heterocycles. The van der Waals surface area contributed by atoms with Gasteiger partial charge in [0.1, 0.15) is 0 Å². The van der Waals surface area contributed by atoms with Crippen LogP contribution in [0.5, 0.6) is 0 Å². The summed E-state index contributed by atoms with van der Waals surface area (Å²) in [6.07, 6.45) is 1.14. The van der Waals surface area contributed by atoms with Crippen LogP contribution >= 0.6 is 0 Å². The van der Waals surface area contributed by atoms with Crippen molar-refractivity contribution < 1.29 is 4.79 Å². The molecule has 2 N–H and O–H groups in total. The van der Waals surface area contributed by atoms with Crippen molar-refractivity contribution in [3.05, 3.63) is 29.3 Å². The fraction of sp³-hybridized carbons (Fsp3) is 0.533. The minimum atomic E-state index is 0.0221. The second kappa shape index (κ2) is 7.79. The van der Waals surface area contributed by atoms with Gasteiger partial charge in [0.05, 0.1) is 6.54 Å². The Kier molecular flexibility index (Phi) is 6.36. The molecule has 0 saturated carbocycles. The number of benzene rings is 1. The number of aryl methyl sites for hydroxylation is 1. The first kappa shape index (κ1) is 15.5. The second-order valence-corrected chi connectivity index (χ2v) is 4.82. The molecule has 1 aromatic carbocycles. The molecule has 0 atom stereocenters. The summed E-state index contributed by atoms with van der Waals surface area (Å²) in [7, 11) is 3.59. The highest BCUT2D eigenvalue weighted by atomic mass is 16.1. The van der Waals surface area contributed by atoms with E-state index in [1.807, 2.05) is 11.9 Å². The van der Waals surface area contributed by atoms with Crippen LogP contribution in [-0.4, -0.2) is 33.1 Å². The first-order valence-corrected chi connectivity index (χ1v) is 6.80. The fourth-order valence-electron chi connectivity index (χ4n) is 1.90. The zero-order valence-corrected chi connectivity index (χ0v) is 12.4. The predicted octanol–water partition coefficient (Wildman–Crippen LogP) is 1.68. The Hall–Kier alpha value is -1.55. The molecule has 0 aliphatic rings. The number of hydrogen-bond donors (Lipinski definition) is 2. The van der Waals surface area contributed by atoms with Gasteiger partial charge in [0.2, 0.25) is 5.91 Å². The Morgan fingerprint density at radius 3 is 2.68 bits per heavy atom. The molecule has 0 aliphatic carbocycles. The third-order valence-electron chi connectivity index (χ3n) is 3.17. The molecular formula is C15H25N3O. The van der Waals surface area contributed by atoms with Gasteiger partial charge in [0.25, 0.3) is 0 Å². The van der Waals surface area contributed by atoms with E-state index in [2.05, 4.69) is 42.7 Å². The molecule has 106 valence electrons. The molecule has 4 nitrogen and oxygen atoms in total. The molecule has 1 aromatic rings. The molecule has 0 bridgehead atoms. The van der Waals surface area contributed by atoms with Gasteiger partial charge < -0.3 is 15.5 Å². The molecule has 0 unspecified atom stereocenters. The Morgan fingerprint density at radius 2 is 2.11 bits per heavy atom. The summed E-state index contributed by atoms with van der Waals surface area (Å²) in [5, 5.41) is 6.04. The minimum absolute atomic E-state index is 0.0221. The van der Waals surface area contributed by atoms with E-state index < -0.39 is 0 Å². The molecule has 1 rings (SSSR count). The van der Waals surface area contributed by atoms with E-state index in [0.29, 0.717) is 6.54 Å². The largest absolute Gasteiger partial charge is 0.365 e. The molecule has 0 radical (unpaired) electrons. The van der Waals surface area contributed by atoms with Crippen molar-refractivity contribution in [3.63, 3.8) is 0 Å². The van der Waals surface area contributed by atoms with E-state index in [1.165, 1.54) is 11.1 Å². The maximum atomic E-state index is 11.4. The van der Waals surface area contributed by atoms with Crippen LogP contribution in [0, 0.1) is 6.92 Å². The number of rotatable bonds is 7. The number of carbonyl (C=O) groups excluding carboxylic acids is 1. The summed E-state index contributed by atoms with van der Waals surface area (Å²) in [6.45, 7) is 6.59. The summed E-state index contributed by atoms with van der Waals surface area (Å²) in [5.41, 5.74) is 3.63. The molecule has 0 fully saturated rings. The zero-order valence-electron chi connectivity index (χ0n) is 12.4. The van der Waals surface area contributed by atoms with Gasteiger partial charge >= 0.3 is 0 Å². The van der Waals surface area contributed by atoms with Crippen molar-refractivity contribution in [1.29, 1.82) is 0 Å². The van der Waals surface area contributed by atoms with Gasteiger partial charge in [-0.3, -0.25) is 4.79 Å². The SMILES string of the molecule is CCCNCc1ccc(N(C)CC(=O)NC)cc1C. The van der Waals surface area contributed by atoms with Crippen molar-refractivity contribution in [2.75, 3.05) is 32.1 Å². The van der Waals surface area contributed by atoms with Crippen LogP contribution in [0.25, 0.3) is 0 Å². The van der Waals surface area contributed by atoms with E-state index in [-0.39, 0.29) is 5.91 Å². The molecular weight excluding hydrogens is 238 g/mol. The van der Waals surface area contributed by atoms with Crippen LogP contribution in [0.1, 0.15) is 24.5 Å². The van der Waals surface area contributed by atoms with Crippen LogP contribution < -0.4 is 15.5 Å². The first-order chi connectivity index (χ1) is 9.08. The van der Waals surface area contributed by atoms with Gasteiger partial charge in [0.15, 0.2) is 0 Å². The van der Waals surface area contributed by atoms with E-state index in [4.69, 9.17) is 0 Å². The number of carbonyl (C=O) groups is 1. The van der Waals surface area contributed by atoms with E-state index in [1.54, 1.807) is 7.05 Å². The maximum Gasteiger partial charge on any atom is 0.239 e. The van der Waals surface area contributed by atoms with E-state index >= 15 is 0 Å².